The first-order chi connectivity index (χ1) is 7.16. The molecule has 0 amide bonds. The van der Waals surface area contributed by atoms with Gasteiger partial charge in [-0.25, -0.2) is 0 Å². The summed E-state index contributed by atoms with van der Waals surface area (Å²) in [4.78, 5) is 3.53. The van der Waals surface area contributed by atoms with Crippen molar-refractivity contribution in [1.29, 1.82) is 0 Å². The molecule has 0 bridgehead atoms. The molecule has 1 nitrogen and oxygen atoms in total. The number of aromatic amines is 1. The largest absolute Gasteiger partial charge is 0.362 e. The van der Waals surface area contributed by atoms with Crippen LogP contribution in [0.5, 0.6) is 0 Å². The van der Waals surface area contributed by atoms with Crippen molar-refractivity contribution < 1.29 is 0 Å². The summed E-state index contributed by atoms with van der Waals surface area (Å²) in [6.07, 6.45) is 6.58. The van der Waals surface area contributed by atoms with E-state index in [1.807, 2.05) is 6.08 Å². The summed E-state index contributed by atoms with van der Waals surface area (Å²) < 4.78 is 0. The monoisotopic (exact) mass is 205 g/mol. The summed E-state index contributed by atoms with van der Waals surface area (Å²) >= 11 is 0. The summed E-state index contributed by atoms with van der Waals surface area (Å²) in [6.45, 7) is 10.6. The van der Waals surface area contributed by atoms with E-state index < -0.39 is 0 Å². The predicted molar refractivity (Wildman–Crippen MR) is 67.2 cm³/mol. The Bertz CT molecular complexity index is 311. The minimum absolute atomic E-state index is 0.240. The van der Waals surface area contributed by atoms with E-state index in [4.69, 9.17) is 0 Å². The molecule has 1 rings (SSSR count). The van der Waals surface area contributed by atoms with Crippen LogP contribution < -0.4 is 0 Å². The number of aryl methyl sites for hydroxylation is 1. The summed E-state index contributed by atoms with van der Waals surface area (Å²) in [5.74, 6) is 0. The van der Waals surface area contributed by atoms with Crippen LogP contribution in [0.3, 0.4) is 0 Å². The van der Waals surface area contributed by atoms with Crippen LogP contribution in [-0.4, -0.2) is 4.98 Å². The first-order valence-corrected chi connectivity index (χ1v) is 5.95. The molecule has 0 spiro atoms. The Labute approximate surface area is 93.6 Å². The average molecular weight is 205 g/mol. The highest BCUT2D eigenvalue weighted by atomic mass is 14.7. The minimum Gasteiger partial charge on any atom is -0.362 e. The van der Waals surface area contributed by atoms with Gasteiger partial charge in [-0.2, -0.15) is 0 Å². The van der Waals surface area contributed by atoms with Gasteiger partial charge in [0, 0.05) is 16.8 Å². The van der Waals surface area contributed by atoms with E-state index in [2.05, 4.69) is 44.5 Å². The van der Waals surface area contributed by atoms with Gasteiger partial charge in [0.2, 0.25) is 0 Å². The fraction of sp³-hybridized carbons (Fsp3) is 0.571. The van der Waals surface area contributed by atoms with Crippen LogP contribution in [0, 0.1) is 0 Å². The molecular weight excluding hydrogens is 182 g/mol. The zero-order chi connectivity index (χ0) is 11.3. The van der Waals surface area contributed by atoms with E-state index in [1.54, 1.807) is 0 Å². The molecular formula is C14H23N. The molecule has 0 aliphatic carbocycles. The molecule has 1 N–H and O–H groups in total. The molecule has 0 aliphatic rings. The number of allylic oxidation sites excluding steroid dienone is 1. The minimum atomic E-state index is 0.240. The van der Waals surface area contributed by atoms with Gasteiger partial charge in [-0.05, 0) is 31.4 Å². The highest BCUT2D eigenvalue weighted by molar-refractivity contribution is 5.22. The Morgan fingerprint density at radius 1 is 1.40 bits per heavy atom. The smallest absolute Gasteiger partial charge is 0.0212 e. The van der Waals surface area contributed by atoms with Crippen molar-refractivity contribution in [2.75, 3.05) is 0 Å². The molecule has 0 radical (unpaired) electrons. The van der Waals surface area contributed by atoms with Gasteiger partial charge in [0.05, 0.1) is 0 Å². The maximum Gasteiger partial charge on any atom is 0.0212 e. The van der Waals surface area contributed by atoms with E-state index >= 15 is 0 Å². The molecule has 1 heterocycles. The summed E-state index contributed by atoms with van der Waals surface area (Å²) in [5.41, 5.74) is 2.93. The molecule has 1 unspecified atom stereocenters. The zero-order valence-electron chi connectivity index (χ0n) is 10.3. The number of aromatic nitrogens is 1. The maximum absolute atomic E-state index is 3.87. The van der Waals surface area contributed by atoms with Gasteiger partial charge in [-0.1, -0.05) is 33.3 Å². The first kappa shape index (κ1) is 12.1. The number of hydrogen-bond acceptors (Lipinski definition) is 0. The third-order valence-corrected chi connectivity index (χ3v) is 3.17. The number of H-pyrrole nitrogens is 1. The van der Waals surface area contributed by atoms with Crippen molar-refractivity contribution >= 4 is 0 Å². The van der Waals surface area contributed by atoms with Crippen LogP contribution in [0.25, 0.3) is 0 Å². The molecule has 15 heavy (non-hydrogen) atoms. The quantitative estimate of drug-likeness (QED) is 0.670. The maximum atomic E-state index is 3.87. The van der Waals surface area contributed by atoms with Crippen molar-refractivity contribution in [2.45, 2.75) is 51.9 Å². The lowest BCUT2D eigenvalue weighted by Gasteiger charge is -2.27. The Kier molecular flexibility index (Phi) is 4.19. The molecule has 0 aliphatic heterocycles. The lowest BCUT2D eigenvalue weighted by atomic mass is 9.79. The van der Waals surface area contributed by atoms with Gasteiger partial charge in [-0.15, -0.1) is 6.58 Å². The van der Waals surface area contributed by atoms with E-state index in [-0.39, 0.29) is 5.41 Å². The standard InChI is InChI=1S/C14H23N/c1-5-10-14(4,11-6-2)13-9-8-12(7-3)15-13/h5,8-9,15H,1,6-7,10-11H2,2-4H3. The van der Waals surface area contributed by atoms with Gasteiger partial charge < -0.3 is 4.98 Å². The van der Waals surface area contributed by atoms with E-state index in [0.29, 0.717) is 0 Å². The fourth-order valence-electron chi connectivity index (χ4n) is 2.22. The normalized spacial score (nSPS) is 14.9. The molecule has 1 atom stereocenters. The molecule has 0 saturated heterocycles. The van der Waals surface area contributed by atoms with E-state index in [0.717, 1.165) is 12.8 Å². The fourth-order valence-corrected chi connectivity index (χ4v) is 2.22. The Morgan fingerprint density at radius 2 is 2.13 bits per heavy atom. The van der Waals surface area contributed by atoms with Crippen molar-refractivity contribution in [2.24, 2.45) is 0 Å². The van der Waals surface area contributed by atoms with Crippen LogP contribution >= 0.6 is 0 Å². The third kappa shape index (κ3) is 2.74. The highest BCUT2D eigenvalue weighted by Gasteiger charge is 2.25. The second-order valence-electron chi connectivity index (χ2n) is 4.55. The van der Waals surface area contributed by atoms with E-state index in [9.17, 15) is 0 Å². The average Bonchev–Trinajstić information content (AvgIpc) is 2.67. The second-order valence-corrected chi connectivity index (χ2v) is 4.55. The van der Waals surface area contributed by atoms with Crippen molar-refractivity contribution in [3.8, 4) is 0 Å². The van der Waals surface area contributed by atoms with Crippen LogP contribution in [-0.2, 0) is 11.8 Å². The molecule has 1 heteroatoms. The molecule has 0 saturated carbocycles. The summed E-state index contributed by atoms with van der Waals surface area (Å²) in [7, 11) is 0. The second kappa shape index (κ2) is 5.20. The number of hydrogen-bond donors (Lipinski definition) is 1. The molecule has 1 aromatic heterocycles. The molecule has 0 aromatic carbocycles. The van der Waals surface area contributed by atoms with E-state index in [1.165, 1.54) is 24.2 Å². The summed E-state index contributed by atoms with van der Waals surface area (Å²) in [6, 6.07) is 4.43. The van der Waals surface area contributed by atoms with Gasteiger partial charge in [0.1, 0.15) is 0 Å². The van der Waals surface area contributed by atoms with Gasteiger partial charge in [-0.3, -0.25) is 0 Å². The van der Waals surface area contributed by atoms with Crippen LogP contribution in [0.2, 0.25) is 0 Å². The Morgan fingerprint density at radius 3 is 2.60 bits per heavy atom. The molecule has 84 valence electrons. The topological polar surface area (TPSA) is 15.8 Å². The SMILES string of the molecule is C=CCC(C)(CCC)c1ccc(CC)[nH]1. The van der Waals surface area contributed by atoms with Crippen molar-refractivity contribution in [1.82, 2.24) is 4.98 Å². The zero-order valence-corrected chi connectivity index (χ0v) is 10.3. The number of nitrogens with one attached hydrogen (secondary N) is 1. The van der Waals surface area contributed by atoms with Crippen LogP contribution in [0.1, 0.15) is 51.4 Å². The Balaban J connectivity index is 2.91. The lowest BCUT2D eigenvalue weighted by Crippen LogP contribution is -2.21. The van der Waals surface area contributed by atoms with Gasteiger partial charge in [0.25, 0.3) is 0 Å². The summed E-state index contributed by atoms with van der Waals surface area (Å²) in [5, 5.41) is 0. The molecule has 1 aromatic rings. The molecule has 0 fully saturated rings. The van der Waals surface area contributed by atoms with Gasteiger partial charge >= 0.3 is 0 Å². The third-order valence-electron chi connectivity index (χ3n) is 3.17. The number of rotatable bonds is 6. The van der Waals surface area contributed by atoms with Crippen LogP contribution in [0.4, 0.5) is 0 Å². The van der Waals surface area contributed by atoms with Crippen LogP contribution in [0.15, 0.2) is 24.8 Å². The predicted octanol–water partition coefficient (Wildman–Crippen LogP) is 4.21. The lowest BCUT2D eigenvalue weighted by molar-refractivity contribution is 0.422. The van der Waals surface area contributed by atoms with Gasteiger partial charge in [0.15, 0.2) is 0 Å². The van der Waals surface area contributed by atoms with Crippen molar-refractivity contribution in [3.63, 3.8) is 0 Å². The highest BCUT2D eigenvalue weighted by Crippen LogP contribution is 2.32. The van der Waals surface area contributed by atoms with Crippen molar-refractivity contribution in [3.05, 3.63) is 36.2 Å². The first-order valence-electron chi connectivity index (χ1n) is 5.95. The Hall–Kier alpha value is -0.980.